The van der Waals surface area contributed by atoms with Crippen molar-refractivity contribution in [1.82, 2.24) is 5.32 Å². The Hall–Kier alpha value is -0.830. The van der Waals surface area contributed by atoms with Crippen molar-refractivity contribution in [3.63, 3.8) is 0 Å². The minimum Gasteiger partial charge on any atom is -0.353 e. The third-order valence-corrected chi connectivity index (χ3v) is 4.66. The van der Waals surface area contributed by atoms with Gasteiger partial charge in [0.2, 0.25) is 5.91 Å². The largest absolute Gasteiger partial charge is 0.353 e. The zero-order valence-electron chi connectivity index (χ0n) is 10.2. The first-order valence-corrected chi connectivity index (χ1v) is 7.19. The Kier molecular flexibility index (Phi) is 3.87. The van der Waals surface area contributed by atoms with Crippen LogP contribution in [0, 0.1) is 5.92 Å². The van der Waals surface area contributed by atoms with Crippen molar-refractivity contribution < 1.29 is 4.79 Å². The fraction of sp³-hybridized carbons (Fsp3) is 0.500. The highest BCUT2D eigenvalue weighted by Crippen LogP contribution is 2.34. The third-order valence-electron chi connectivity index (χ3n) is 3.64. The molecule has 0 aromatic heterocycles. The predicted molar refractivity (Wildman–Crippen MR) is 73.4 cm³/mol. The zero-order valence-corrected chi connectivity index (χ0v) is 11.8. The molecule has 3 heteroatoms. The molecule has 0 aliphatic heterocycles. The van der Waals surface area contributed by atoms with Gasteiger partial charge in [-0.25, -0.2) is 0 Å². The van der Waals surface area contributed by atoms with Crippen molar-refractivity contribution in [2.75, 3.05) is 5.33 Å². The summed E-state index contributed by atoms with van der Waals surface area (Å²) in [6, 6.07) is 8.41. The molecule has 1 N–H and O–H groups in total. The number of alkyl halides is 1. The minimum atomic E-state index is 0.0659. The molecular formula is C14H18BrNO. The fourth-order valence-corrected chi connectivity index (χ4v) is 2.65. The molecule has 0 saturated heterocycles. The average Bonchev–Trinajstić information content (AvgIpc) is 2.29. The molecule has 0 bridgehead atoms. The number of halogens is 1. The summed E-state index contributed by atoms with van der Waals surface area (Å²) in [6.07, 6.45) is 0.886. The molecule has 0 radical (unpaired) electrons. The summed E-state index contributed by atoms with van der Waals surface area (Å²) in [6.45, 7) is 4.20. The van der Waals surface area contributed by atoms with Gasteiger partial charge in [0, 0.05) is 11.4 Å². The number of fused-ring (bicyclic) bond motifs is 1. The highest BCUT2D eigenvalue weighted by atomic mass is 79.9. The Morgan fingerprint density at radius 1 is 1.47 bits per heavy atom. The van der Waals surface area contributed by atoms with Crippen LogP contribution >= 0.6 is 15.9 Å². The van der Waals surface area contributed by atoms with Gasteiger partial charge in [-0.05, 0) is 30.4 Å². The van der Waals surface area contributed by atoms with Gasteiger partial charge >= 0.3 is 0 Å². The van der Waals surface area contributed by atoms with Gasteiger partial charge in [-0.2, -0.15) is 0 Å². The molecule has 0 spiro atoms. The van der Waals surface area contributed by atoms with Crippen LogP contribution in [0.4, 0.5) is 0 Å². The van der Waals surface area contributed by atoms with Crippen LogP contribution in [-0.2, 0) is 11.2 Å². The number of amides is 1. The maximum Gasteiger partial charge on any atom is 0.228 e. The summed E-state index contributed by atoms with van der Waals surface area (Å²) in [5.74, 6) is 0.689. The average molecular weight is 296 g/mol. The van der Waals surface area contributed by atoms with E-state index in [2.05, 4.69) is 47.2 Å². The zero-order chi connectivity index (χ0) is 12.4. The molecule has 0 fully saturated rings. The van der Waals surface area contributed by atoms with Crippen LogP contribution in [-0.4, -0.2) is 17.3 Å². The van der Waals surface area contributed by atoms with Crippen LogP contribution in [0.25, 0.3) is 0 Å². The van der Waals surface area contributed by atoms with Crippen molar-refractivity contribution in [2.45, 2.75) is 32.2 Å². The van der Waals surface area contributed by atoms with E-state index in [1.54, 1.807) is 0 Å². The molecule has 1 amide bonds. The molecule has 1 aliphatic carbocycles. The van der Waals surface area contributed by atoms with Gasteiger partial charge in [0.1, 0.15) is 0 Å². The second kappa shape index (κ2) is 5.21. The summed E-state index contributed by atoms with van der Waals surface area (Å²) >= 11 is 3.45. The standard InChI is InChI=1S/C14H18BrNO/c1-9(8-15)10(2)16-14(17)13-7-11-5-3-4-6-12(11)13/h3-6,9-10,13H,7-8H2,1-2H3,(H,16,17). The third kappa shape index (κ3) is 2.54. The van der Waals surface area contributed by atoms with Gasteiger partial charge in [-0.1, -0.05) is 47.1 Å². The van der Waals surface area contributed by atoms with Crippen LogP contribution in [0.3, 0.4) is 0 Å². The van der Waals surface area contributed by atoms with E-state index in [1.165, 1.54) is 11.1 Å². The van der Waals surface area contributed by atoms with Gasteiger partial charge in [-0.15, -0.1) is 0 Å². The van der Waals surface area contributed by atoms with E-state index in [-0.39, 0.29) is 17.9 Å². The molecule has 17 heavy (non-hydrogen) atoms. The highest BCUT2D eigenvalue weighted by molar-refractivity contribution is 9.09. The van der Waals surface area contributed by atoms with Crippen molar-refractivity contribution >= 4 is 21.8 Å². The molecule has 0 saturated carbocycles. The predicted octanol–water partition coefficient (Wildman–Crippen LogP) is 2.86. The Balaban J connectivity index is 1.96. The van der Waals surface area contributed by atoms with Crippen molar-refractivity contribution in [3.05, 3.63) is 35.4 Å². The molecule has 1 aromatic rings. The fourth-order valence-electron chi connectivity index (χ4n) is 2.09. The Labute approximate surface area is 111 Å². The van der Waals surface area contributed by atoms with E-state index >= 15 is 0 Å². The first kappa shape index (κ1) is 12.6. The highest BCUT2D eigenvalue weighted by Gasteiger charge is 2.32. The number of rotatable bonds is 4. The van der Waals surface area contributed by atoms with Gasteiger partial charge in [0.15, 0.2) is 0 Å². The summed E-state index contributed by atoms with van der Waals surface area (Å²) in [4.78, 5) is 12.1. The van der Waals surface area contributed by atoms with Crippen molar-refractivity contribution in [1.29, 1.82) is 0 Å². The number of benzene rings is 1. The topological polar surface area (TPSA) is 29.1 Å². The lowest BCUT2D eigenvalue weighted by molar-refractivity contribution is -0.123. The van der Waals surface area contributed by atoms with Crippen molar-refractivity contribution in [3.8, 4) is 0 Å². The molecule has 0 heterocycles. The van der Waals surface area contributed by atoms with E-state index in [0.29, 0.717) is 5.92 Å². The lowest BCUT2D eigenvalue weighted by Gasteiger charge is -2.31. The van der Waals surface area contributed by atoms with Crippen LogP contribution < -0.4 is 5.32 Å². The molecule has 3 atom stereocenters. The van der Waals surface area contributed by atoms with Gasteiger partial charge in [0.05, 0.1) is 5.92 Å². The first-order valence-electron chi connectivity index (χ1n) is 6.07. The van der Waals surface area contributed by atoms with Gasteiger partial charge < -0.3 is 5.32 Å². The summed E-state index contributed by atoms with van der Waals surface area (Å²) < 4.78 is 0. The number of carbonyl (C=O) groups excluding carboxylic acids is 1. The summed E-state index contributed by atoms with van der Waals surface area (Å²) in [5, 5.41) is 4.02. The summed E-state index contributed by atoms with van der Waals surface area (Å²) in [5.41, 5.74) is 2.51. The second-order valence-corrected chi connectivity index (χ2v) is 5.53. The number of hydrogen-bond acceptors (Lipinski definition) is 1. The van der Waals surface area contributed by atoms with Gasteiger partial charge in [-0.3, -0.25) is 4.79 Å². The molecule has 1 aliphatic rings. The smallest absolute Gasteiger partial charge is 0.228 e. The quantitative estimate of drug-likeness (QED) is 0.851. The van der Waals surface area contributed by atoms with E-state index in [1.807, 2.05) is 12.1 Å². The SMILES string of the molecule is CC(CBr)C(C)NC(=O)C1Cc2ccccc21. The molecule has 1 aromatic carbocycles. The van der Waals surface area contributed by atoms with Crippen LogP contribution in [0.1, 0.15) is 30.9 Å². The monoisotopic (exact) mass is 295 g/mol. The molecule has 2 nitrogen and oxygen atoms in total. The van der Waals surface area contributed by atoms with Crippen LogP contribution in [0.2, 0.25) is 0 Å². The Morgan fingerprint density at radius 3 is 2.82 bits per heavy atom. The molecule has 3 unspecified atom stereocenters. The van der Waals surface area contributed by atoms with Gasteiger partial charge in [0.25, 0.3) is 0 Å². The number of hydrogen-bond donors (Lipinski definition) is 1. The van der Waals surface area contributed by atoms with E-state index in [9.17, 15) is 4.79 Å². The Bertz CT molecular complexity index is 418. The normalized spacial score (nSPS) is 21.0. The maximum absolute atomic E-state index is 12.1. The number of nitrogens with one attached hydrogen (secondary N) is 1. The maximum atomic E-state index is 12.1. The van der Waals surface area contributed by atoms with E-state index in [0.717, 1.165) is 11.8 Å². The second-order valence-electron chi connectivity index (χ2n) is 4.88. The number of carbonyl (C=O) groups is 1. The van der Waals surface area contributed by atoms with Crippen molar-refractivity contribution in [2.24, 2.45) is 5.92 Å². The molecule has 2 rings (SSSR count). The lowest BCUT2D eigenvalue weighted by atomic mass is 9.77. The summed E-state index contributed by atoms with van der Waals surface area (Å²) in [7, 11) is 0. The minimum absolute atomic E-state index is 0.0659. The molecular weight excluding hydrogens is 278 g/mol. The molecule has 92 valence electrons. The van der Waals surface area contributed by atoms with Crippen LogP contribution in [0.5, 0.6) is 0 Å². The van der Waals surface area contributed by atoms with E-state index in [4.69, 9.17) is 0 Å². The first-order chi connectivity index (χ1) is 8.13. The van der Waals surface area contributed by atoms with Crippen LogP contribution in [0.15, 0.2) is 24.3 Å². The lowest BCUT2D eigenvalue weighted by Crippen LogP contribution is -2.43. The Morgan fingerprint density at radius 2 is 2.18 bits per heavy atom. The van der Waals surface area contributed by atoms with E-state index < -0.39 is 0 Å².